The highest BCUT2D eigenvalue weighted by molar-refractivity contribution is 5.66. The molecule has 2 rings (SSSR count). The van der Waals surface area contributed by atoms with Crippen molar-refractivity contribution in [2.45, 2.75) is 40.0 Å². The van der Waals surface area contributed by atoms with E-state index in [1.54, 1.807) is 6.33 Å². The van der Waals surface area contributed by atoms with Gasteiger partial charge in [-0.05, 0) is 19.3 Å². The molecule has 0 spiro atoms. The standard InChI is InChI=1S/C15H24N6/c1-6-11-12(8-21(5)20-11)19-15-13(10(3)4)14(16-7-2)17-9-18-15/h8-10H,6-7H2,1-5H3,(H2,16,17,18,19). The number of nitrogens with one attached hydrogen (secondary N) is 2. The van der Waals surface area contributed by atoms with Crippen molar-refractivity contribution in [2.24, 2.45) is 7.05 Å². The van der Waals surface area contributed by atoms with E-state index < -0.39 is 0 Å². The summed E-state index contributed by atoms with van der Waals surface area (Å²) in [5.74, 6) is 2.06. The molecule has 0 aromatic carbocycles. The van der Waals surface area contributed by atoms with E-state index in [0.717, 1.165) is 41.5 Å². The Morgan fingerprint density at radius 3 is 2.52 bits per heavy atom. The van der Waals surface area contributed by atoms with Gasteiger partial charge < -0.3 is 10.6 Å². The van der Waals surface area contributed by atoms with Crippen molar-refractivity contribution in [3.8, 4) is 0 Å². The maximum atomic E-state index is 4.45. The number of rotatable bonds is 6. The van der Waals surface area contributed by atoms with Gasteiger partial charge in [0.1, 0.15) is 18.0 Å². The molecule has 2 heterocycles. The van der Waals surface area contributed by atoms with E-state index >= 15 is 0 Å². The van der Waals surface area contributed by atoms with Crippen molar-refractivity contribution in [1.82, 2.24) is 19.7 Å². The molecule has 6 nitrogen and oxygen atoms in total. The van der Waals surface area contributed by atoms with E-state index in [9.17, 15) is 0 Å². The lowest BCUT2D eigenvalue weighted by molar-refractivity contribution is 0.746. The third-order valence-corrected chi connectivity index (χ3v) is 3.30. The maximum Gasteiger partial charge on any atom is 0.139 e. The predicted molar refractivity (Wildman–Crippen MR) is 86.2 cm³/mol. The van der Waals surface area contributed by atoms with Gasteiger partial charge in [-0.3, -0.25) is 4.68 Å². The predicted octanol–water partition coefficient (Wildman–Crippen LogP) is 3.07. The Hall–Kier alpha value is -2.11. The number of aryl methyl sites for hydroxylation is 2. The second-order valence-electron chi connectivity index (χ2n) is 5.31. The molecule has 0 saturated carbocycles. The minimum absolute atomic E-state index is 0.324. The summed E-state index contributed by atoms with van der Waals surface area (Å²) < 4.78 is 1.82. The first kappa shape index (κ1) is 15.3. The highest BCUT2D eigenvalue weighted by Gasteiger charge is 2.16. The topological polar surface area (TPSA) is 67.7 Å². The van der Waals surface area contributed by atoms with Gasteiger partial charge in [-0.1, -0.05) is 20.8 Å². The van der Waals surface area contributed by atoms with Crippen LogP contribution in [0.1, 0.15) is 44.9 Å². The summed E-state index contributed by atoms with van der Waals surface area (Å²) in [6, 6.07) is 0. The SMILES string of the molecule is CCNc1ncnc(Nc2cn(C)nc2CC)c1C(C)C. The minimum atomic E-state index is 0.324. The van der Waals surface area contributed by atoms with Gasteiger partial charge in [0.15, 0.2) is 0 Å². The molecular weight excluding hydrogens is 264 g/mol. The molecule has 114 valence electrons. The van der Waals surface area contributed by atoms with Gasteiger partial charge in [0.05, 0.1) is 11.4 Å². The largest absolute Gasteiger partial charge is 0.370 e. The van der Waals surface area contributed by atoms with Crippen LogP contribution in [0.4, 0.5) is 17.3 Å². The number of aromatic nitrogens is 4. The van der Waals surface area contributed by atoms with Crippen molar-refractivity contribution >= 4 is 17.3 Å². The molecule has 0 fully saturated rings. The third-order valence-electron chi connectivity index (χ3n) is 3.30. The molecule has 0 radical (unpaired) electrons. The van der Waals surface area contributed by atoms with Crippen LogP contribution in [-0.2, 0) is 13.5 Å². The Kier molecular flexibility index (Phi) is 4.77. The monoisotopic (exact) mass is 288 g/mol. The second-order valence-corrected chi connectivity index (χ2v) is 5.31. The van der Waals surface area contributed by atoms with Gasteiger partial charge in [-0.2, -0.15) is 5.10 Å². The fourth-order valence-electron chi connectivity index (χ4n) is 2.38. The van der Waals surface area contributed by atoms with Crippen LogP contribution < -0.4 is 10.6 Å². The first-order valence-electron chi connectivity index (χ1n) is 7.45. The Balaban J connectivity index is 2.41. The van der Waals surface area contributed by atoms with Gasteiger partial charge in [-0.25, -0.2) is 9.97 Å². The average Bonchev–Trinajstić information content (AvgIpc) is 2.79. The van der Waals surface area contributed by atoms with Crippen molar-refractivity contribution in [3.63, 3.8) is 0 Å². The Labute approximate surface area is 126 Å². The molecule has 0 aliphatic carbocycles. The molecule has 0 aliphatic heterocycles. The van der Waals surface area contributed by atoms with Crippen LogP contribution in [0.25, 0.3) is 0 Å². The van der Waals surface area contributed by atoms with Gasteiger partial charge in [0.25, 0.3) is 0 Å². The van der Waals surface area contributed by atoms with E-state index in [1.165, 1.54) is 0 Å². The zero-order valence-corrected chi connectivity index (χ0v) is 13.4. The number of nitrogens with zero attached hydrogens (tertiary/aromatic N) is 4. The number of anilines is 3. The van der Waals surface area contributed by atoms with Gasteiger partial charge in [0.2, 0.25) is 0 Å². The van der Waals surface area contributed by atoms with Gasteiger partial charge in [0, 0.05) is 25.4 Å². The molecule has 0 saturated heterocycles. The third kappa shape index (κ3) is 3.32. The molecule has 0 amide bonds. The molecule has 0 aliphatic rings. The van der Waals surface area contributed by atoms with Crippen LogP contribution in [0.15, 0.2) is 12.5 Å². The molecule has 0 bridgehead atoms. The zero-order valence-electron chi connectivity index (χ0n) is 13.4. The summed E-state index contributed by atoms with van der Waals surface area (Å²) in [6.07, 6.45) is 4.46. The van der Waals surface area contributed by atoms with E-state index in [1.807, 2.05) is 17.9 Å². The summed E-state index contributed by atoms with van der Waals surface area (Å²) in [6.45, 7) is 9.29. The van der Waals surface area contributed by atoms with Crippen LogP contribution in [0.5, 0.6) is 0 Å². The van der Waals surface area contributed by atoms with Crippen LogP contribution in [-0.4, -0.2) is 26.3 Å². The molecule has 2 N–H and O–H groups in total. The minimum Gasteiger partial charge on any atom is -0.370 e. The lowest BCUT2D eigenvalue weighted by Crippen LogP contribution is -2.09. The highest BCUT2D eigenvalue weighted by Crippen LogP contribution is 2.31. The lowest BCUT2D eigenvalue weighted by atomic mass is 10.0. The van der Waals surface area contributed by atoms with E-state index in [-0.39, 0.29) is 0 Å². The molecule has 2 aromatic rings. The van der Waals surface area contributed by atoms with E-state index in [0.29, 0.717) is 5.92 Å². The Bertz CT molecular complexity index is 602. The molecule has 0 unspecified atom stereocenters. The quantitative estimate of drug-likeness (QED) is 0.855. The molecule has 2 aromatic heterocycles. The molecular formula is C15H24N6. The van der Waals surface area contributed by atoms with Gasteiger partial charge in [-0.15, -0.1) is 0 Å². The average molecular weight is 288 g/mol. The van der Waals surface area contributed by atoms with E-state index in [2.05, 4.69) is 53.4 Å². The lowest BCUT2D eigenvalue weighted by Gasteiger charge is -2.17. The second kappa shape index (κ2) is 6.56. The van der Waals surface area contributed by atoms with Crippen molar-refractivity contribution < 1.29 is 0 Å². The van der Waals surface area contributed by atoms with Crippen LogP contribution in [0.3, 0.4) is 0 Å². The smallest absolute Gasteiger partial charge is 0.139 e. The first-order valence-corrected chi connectivity index (χ1v) is 7.45. The normalized spacial score (nSPS) is 11.0. The zero-order chi connectivity index (χ0) is 15.4. The summed E-state index contributed by atoms with van der Waals surface area (Å²) in [7, 11) is 1.93. The van der Waals surface area contributed by atoms with E-state index in [4.69, 9.17) is 0 Å². The number of hydrogen-bond acceptors (Lipinski definition) is 5. The fourth-order valence-corrected chi connectivity index (χ4v) is 2.38. The van der Waals surface area contributed by atoms with Crippen molar-refractivity contribution in [1.29, 1.82) is 0 Å². The summed E-state index contributed by atoms with van der Waals surface area (Å²) >= 11 is 0. The van der Waals surface area contributed by atoms with Crippen LogP contribution >= 0.6 is 0 Å². The molecule has 21 heavy (non-hydrogen) atoms. The summed E-state index contributed by atoms with van der Waals surface area (Å²) in [5.41, 5.74) is 3.14. The maximum absolute atomic E-state index is 4.45. The summed E-state index contributed by atoms with van der Waals surface area (Å²) in [5, 5.41) is 11.2. The van der Waals surface area contributed by atoms with Crippen LogP contribution in [0.2, 0.25) is 0 Å². The Morgan fingerprint density at radius 1 is 1.19 bits per heavy atom. The molecule has 0 atom stereocenters. The first-order chi connectivity index (χ1) is 10.1. The van der Waals surface area contributed by atoms with Crippen LogP contribution in [0, 0.1) is 0 Å². The fraction of sp³-hybridized carbons (Fsp3) is 0.533. The Morgan fingerprint density at radius 2 is 1.90 bits per heavy atom. The number of hydrogen-bond donors (Lipinski definition) is 2. The van der Waals surface area contributed by atoms with Crippen molar-refractivity contribution in [2.75, 3.05) is 17.2 Å². The highest BCUT2D eigenvalue weighted by atomic mass is 15.3. The van der Waals surface area contributed by atoms with Gasteiger partial charge >= 0.3 is 0 Å². The molecule has 6 heteroatoms. The summed E-state index contributed by atoms with van der Waals surface area (Å²) in [4.78, 5) is 8.78. The van der Waals surface area contributed by atoms with Crippen molar-refractivity contribution in [3.05, 3.63) is 23.8 Å².